The van der Waals surface area contributed by atoms with Crippen LogP contribution < -0.4 is 4.74 Å². The molecule has 3 aromatic heterocycles. The van der Waals surface area contributed by atoms with Crippen LogP contribution in [0.4, 0.5) is 0 Å². The van der Waals surface area contributed by atoms with Gasteiger partial charge < -0.3 is 14.7 Å². The van der Waals surface area contributed by atoms with Crippen molar-refractivity contribution in [2.75, 3.05) is 26.8 Å². The van der Waals surface area contributed by atoms with Gasteiger partial charge in [0, 0.05) is 47.5 Å². The van der Waals surface area contributed by atoms with Crippen molar-refractivity contribution in [1.29, 1.82) is 0 Å². The summed E-state index contributed by atoms with van der Waals surface area (Å²) in [5.41, 5.74) is 8.38. The third-order valence-electron chi connectivity index (χ3n) is 7.10. The Bertz CT molecular complexity index is 1440. The summed E-state index contributed by atoms with van der Waals surface area (Å²) in [5.74, 6) is 0.380. The van der Waals surface area contributed by atoms with E-state index in [0.29, 0.717) is 30.2 Å². The number of rotatable bonds is 5. The lowest BCUT2D eigenvalue weighted by Gasteiger charge is -2.48. The van der Waals surface area contributed by atoms with Crippen LogP contribution in [-0.2, 0) is 23.0 Å². The van der Waals surface area contributed by atoms with Gasteiger partial charge in [-0.25, -0.2) is 4.98 Å². The van der Waals surface area contributed by atoms with Crippen molar-refractivity contribution in [3.63, 3.8) is 0 Å². The predicted octanol–water partition coefficient (Wildman–Crippen LogP) is 2.38. The molecule has 1 fully saturated rings. The summed E-state index contributed by atoms with van der Waals surface area (Å²) in [5, 5.41) is 15.9. The fraction of sp³-hybridized carbons (Fsp3) is 0.308. The summed E-state index contributed by atoms with van der Waals surface area (Å²) in [6, 6.07) is 12.1. The minimum Gasteiger partial charge on any atom is -0.494 e. The van der Waals surface area contributed by atoms with Gasteiger partial charge >= 0.3 is 0 Å². The minimum absolute atomic E-state index is 0.327. The Morgan fingerprint density at radius 2 is 2.09 bits per heavy atom. The lowest BCUT2D eigenvalue weighted by atomic mass is 9.60. The number of likely N-dealkylation sites (tertiary alicyclic amines) is 1. The van der Waals surface area contributed by atoms with E-state index in [0.717, 1.165) is 47.1 Å². The van der Waals surface area contributed by atoms with Gasteiger partial charge in [-0.1, -0.05) is 18.2 Å². The SMILES string of the molecule is [B]C1(c2ccc(-c3n[nH]c4cc(OC)c(-c5cccc6c5CCC6)nc34)cn2)CN(C(=O)CO)C1. The van der Waals surface area contributed by atoms with Crippen molar-refractivity contribution in [3.05, 3.63) is 59.4 Å². The van der Waals surface area contributed by atoms with Gasteiger partial charge in [-0.15, -0.1) is 0 Å². The van der Waals surface area contributed by atoms with Gasteiger partial charge in [0.25, 0.3) is 0 Å². The van der Waals surface area contributed by atoms with Crippen LogP contribution in [0.3, 0.4) is 0 Å². The fourth-order valence-electron chi connectivity index (χ4n) is 5.22. The van der Waals surface area contributed by atoms with Crippen molar-refractivity contribution in [2.24, 2.45) is 0 Å². The Labute approximate surface area is 203 Å². The molecule has 2 aliphatic rings. The van der Waals surface area contributed by atoms with E-state index in [9.17, 15) is 4.79 Å². The van der Waals surface area contributed by atoms with Crippen LogP contribution >= 0.6 is 0 Å². The Balaban J connectivity index is 1.36. The normalized spacial score (nSPS) is 16.2. The number of aromatic nitrogens is 4. The number of carbonyl (C=O) groups is 1. The van der Waals surface area contributed by atoms with Gasteiger partial charge in [0.15, 0.2) is 0 Å². The summed E-state index contributed by atoms with van der Waals surface area (Å²) in [7, 11) is 8.10. The van der Waals surface area contributed by atoms with E-state index in [2.05, 4.69) is 33.4 Å². The number of ether oxygens (including phenoxy) is 1. The molecule has 9 heteroatoms. The standard InChI is InChI=1S/C26H24BN5O3/c1-35-20-10-19-25(29-24(20)18-7-3-5-15-4-2-6-17(15)18)23(31-30-19)16-8-9-21(28-11-16)26(27)13-32(14-26)22(34)12-33/h3,5,7-11,33H,2,4,6,12-14H2,1H3,(H,30,31). The molecular weight excluding hydrogens is 441 g/mol. The smallest absolute Gasteiger partial charge is 0.248 e. The molecule has 0 spiro atoms. The van der Waals surface area contributed by atoms with Gasteiger partial charge in [0.05, 0.1) is 20.5 Å². The van der Waals surface area contributed by atoms with Crippen LogP contribution in [0.2, 0.25) is 0 Å². The third-order valence-corrected chi connectivity index (χ3v) is 7.10. The van der Waals surface area contributed by atoms with Crippen molar-refractivity contribution in [1.82, 2.24) is 25.1 Å². The third kappa shape index (κ3) is 3.49. The van der Waals surface area contributed by atoms with Crippen LogP contribution in [0.5, 0.6) is 5.75 Å². The lowest BCUT2D eigenvalue weighted by molar-refractivity contribution is -0.139. The van der Waals surface area contributed by atoms with Gasteiger partial charge in [-0.3, -0.25) is 14.9 Å². The first-order valence-electron chi connectivity index (χ1n) is 11.7. The highest BCUT2D eigenvalue weighted by molar-refractivity contribution is 6.17. The highest BCUT2D eigenvalue weighted by atomic mass is 16.5. The van der Waals surface area contributed by atoms with Crippen molar-refractivity contribution < 1.29 is 14.6 Å². The summed E-state index contributed by atoms with van der Waals surface area (Å²) in [6.45, 7) is 0.145. The maximum Gasteiger partial charge on any atom is 0.248 e. The molecule has 0 bridgehead atoms. The molecule has 174 valence electrons. The van der Waals surface area contributed by atoms with Crippen molar-refractivity contribution in [2.45, 2.75) is 24.6 Å². The molecule has 0 saturated carbocycles. The molecular formula is C26H24BN5O3. The van der Waals surface area contributed by atoms with E-state index in [-0.39, 0.29) is 5.91 Å². The molecule has 0 atom stereocenters. The number of benzene rings is 1. The number of aryl methyl sites for hydroxylation is 1. The molecule has 1 saturated heterocycles. The second-order valence-corrected chi connectivity index (χ2v) is 9.30. The number of hydrogen-bond acceptors (Lipinski definition) is 6. The Hall–Kier alpha value is -3.72. The molecule has 6 rings (SSSR count). The molecule has 4 aromatic rings. The summed E-state index contributed by atoms with van der Waals surface area (Å²) in [4.78, 5) is 22.8. The summed E-state index contributed by atoms with van der Waals surface area (Å²) in [6.07, 6.45) is 5.03. The van der Waals surface area contributed by atoms with E-state index in [1.807, 2.05) is 18.2 Å². The first-order valence-corrected chi connectivity index (χ1v) is 11.7. The quantitative estimate of drug-likeness (QED) is 0.439. The molecule has 4 heterocycles. The number of aromatic amines is 1. The maximum absolute atomic E-state index is 11.7. The first kappa shape index (κ1) is 21.8. The van der Waals surface area contributed by atoms with Crippen LogP contribution in [0, 0.1) is 0 Å². The molecule has 2 N–H and O–H groups in total. The Kier molecular flexibility index (Phi) is 5.11. The minimum atomic E-state index is -0.719. The van der Waals surface area contributed by atoms with Gasteiger partial charge in [0.2, 0.25) is 5.91 Å². The first-order chi connectivity index (χ1) is 17.0. The summed E-state index contributed by atoms with van der Waals surface area (Å²) >= 11 is 0. The average Bonchev–Trinajstić information content (AvgIpc) is 3.52. The number of amides is 1. The number of nitrogens with zero attached hydrogens (tertiary/aromatic N) is 4. The number of carbonyl (C=O) groups excluding carboxylic acids is 1. The van der Waals surface area contributed by atoms with E-state index in [1.54, 1.807) is 13.3 Å². The summed E-state index contributed by atoms with van der Waals surface area (Å²) < 4.78 is 5.71. The van der Waals surface area contributed by atoms with Crippen LogP contribution in [0.1, 0.15) is 23.2 Å². The van der Waals surface area contributed by atoms with E-state index in [1.165, 1.54) is 16.0 Å². The van der Waals surface area contributed by atoms with Gasteiger partial charge in [-0.2, -0.15) is 5.10 Å². The zero-order chi connectivity index (χ0) is 24.2. The largest absolute Gasteiger partial charge is 0.494 e. The highest BCUT2D eigenvalue weighted by Gasteiger charge is 2.42. The number of aliphatic hydroxyl groups excluding tert-OH is 1. The number of pyridine rings is 2. The van der Waals surface area contributed by atoms with Gasteiger partial charge in [-0.05, 0) is 42.5 Å². The highest BCUT2D eigenvalue weighted by Crippen LogP contribution is 2.39. The number of hydrogen-bond donors (Lipinski definition) is 2. The van der Waals surface area contributed by atoms with E-state index < -0.39 is 11.9 Å². The maximum atomic E-state index is 11.7. The van der Waals surface area contributed by atoms with Crippen molar-refractivity contribution in [3.8, 4) is 28.3 Å². The molecule has 0 unspecified atom stereocenters. The van der Waals surface area contributed by atoms with Gasteiger partial charge in [0.1, 0.15) is 29.3 Å². The monoisotopic (exact) mass is 465 g/mol. The van der Waals surface area contributed by atoms with Crippen LogP contribution in [0.15, 0.2) is 42.6 Å². The molecule has 8 nitrogen and oxygen atoms in total. The molecule has 1 aromatic carbocycles. The number of aliphatic hydroxyl groups is 1. The molecule has 1 aliphatic carbocycles. The average molecular weight is 465 g/mol. The fourth-order valence-corrected chi connectivity index (χ4v) is 5.22. The van der Waals surface area contributed by atoms with Crippen LogP contribution in [-0.4, -0.2) is 70.7 Å². The van der Waals surface area contributed by atoms with Crippen LogP contribution in [0.25, 0.3) is 33.5 Å². The number of methoxy groups -OCH3 is 1. The predicted molar refractivity (Wildman–Crippen MR) is 132 cm³/mol. The van der Waals surface area contributed by atoms with E-state index in [4.69, 9.17) is 22.7 Å². The zero-order valence-electron chi connectivity index (χ0n) is 19.4. The van der Waals surface area contributed by atoms with E-state index >= 15 is 0 Å². The number of nitrogens with one attached hydrogen (secondary N) is 1. The Morgan fingerprint density at radius 3 is 2.83 bits per heavy atom. The second kappa shape index (κ2) is 8.20. The molecule has 35 heavy (non-hydrogen) atoms. The molecule has 1 aliphatic heterocycles. The molecule has 2 radical (unpaired) electrons. The van der Waals surface area contributed by atoms with Crippen molar-refractivity contribution >= 4 is 24.8 Å². The topological polar surface area (TPSA) is 104 Å². The zero-order valence-corrected chi connectivity index (χ0v) is 19.4. The lowest BCUT2D eigenvalue weighted by Crippen LogP contribution is -2.62. The Morgan fingerprint density at radius 1 is 1.23 bits per heavy atom. The molecule has 1 amide bonds. The number of H-pyrrole nitrogens is 1. The number of fused-ring (bicyclic) bond motifs is 2. The second-order valence-electron chi connectivity index (χ2n) is 9.30.